The van der Waals surface area contributed by atoms with Gasteiger partial charge in [-0.25, -0.2) is 0 Å². The largest absolute Gasteiger partial charge is 0.456 e. The van der Waals surface area contributed by atoms with Gasteiger partial charge in [0.15, 0.2) is 0 Å². The van der Waals surface area contributed by atoms with Gasteiger partial charge in [-0.3, -0.25) is 0 Å². The van der Waals surface area contributed by atoms with E-state index in [0.717, 1.165) is 0 Å². The Morgan fingerprint density at radius 3 is 1.52 bits per heavy atom. The van der Waals surface area contributed by atoms with Crippen molar-refractivity contribution in [3.63, 3.8) is 0 Å². The van der Waals surface area contributed by atoms with Gasteiger partial charge in [0, 0.05) is 10.8 Å². The summed E-state index contributed by atoms with van der Waals surface area (Å²) in [5.41, 5.74) is 2.20. The molecule has 1 aromatic heterocycles. The molecule has 9 heteroatoms. The summed E-state index contributed by atoms with van der Waals surface area (Å²) in [7, 11) is 41.5. The van der Waals surface area contributed by atoms with E-state index >= 15 is 0 Å². The van der Waals surface area contributed by atoms with Crippen LogP contribution in [0.15, 0.2) is 8.89 Å². The maximum atomic E-state index is 6.05. The molecule has 0 aliphatic rings. The lowest BCUT2D eigenvalue weighted by molar-refractivity contribution is 0.670. The summed E-state index contributed by atoms with van der Waals surface area (Å²) >= 11 is 3.33. The Balaban J connectivity index is 2.73. The van der Waals surface area contributed by atoms with Crippen LogP contribution in [0.25, 0.3) is 21.9 Å². The Hall–Kier alpha value is -0.825. The Kier molecular flexibility index (Phi) is 3.48. The van der Waals surface area contributed by atoms with Crippen molar-refractivity contribution in [3.05, 3.63) is 4.47 Å². The molecule has 1 heterocycles. The van der Waals surface area contributed by atoms with E-state index in [1.165, 1.54) is 0 Å². The Bertz CT molecular complexity index is 857. The summed E-state index contributed by atoms with van der Waals surface area (Å²) < 4.78 is 6.21. The molecule has 0 fully saturated rings. The number of furan rings is 1. The fraction of sp³-hybridized carbons (Fsp3) is 0. The van der Waals surface area contributed by atoms with Gasteiger partial charge in [0.25, 0.3) is 0 Å². The lowest BCUT2D eigenvalue weighted by atomic mass is 9.64. The van der Waals surface area contributed by atoms with Crippen LogP contribution < -0.4 is 38.2 Å². The van der Waals surface area contributed by atoms with Crippen molar-refractivity contribution in [1.82, 2.24) is 0 Å². The highest BCUT2D eigenvalue weighted by atomic mass is 79.9. The maximum absolute atomic E-state index is 6.05. The topological polar surface area (TPSA) is 13.1 Å². The van der Waals surface area contributed by atoms with E-state index in [0.29, 0.717) is 26.4 Å². The number of benzene rings is 2. The van der Waals surface area contributed by atoms with Crippen molar-refractivity contribution in [1.29, 1.82) is 0 Å². The van der Waals surface area contributed by atoms with Crippen LogP contribution in [0.1, 0.15) is 0 Å². The first-order valence-corrected chi connectivity index (χ1v) is 6.66. The Morgan fingerprint density at radius 2 is 0.952 bits per heavy atom. The third-order valence-electron chi connectivity index (χ3n) is 3.58. The average molecular weight is 316 g/mol. The maximum Gasteiger partial charge on any atom is 0.148 e. The van der Waals surface area contributed by atoms with Crippen molar-refractivity contribution in [2.45, 2.75) is 0 Å². The number of hydrogen-bond donors (Lipinski definition) is 0. The highest BCUT2D eigenvalue weighted by Gasteiger charge is 2.20. The summed E-state index contributed by atoms with van der Waals surface area (Å²) in [6.45, 7) is 0. The minimum Gasteiger partial charge on any atom is -0.456 e. The highest BCUT2D eigenvalue weighted by Crippen LogP contribution is 2.28. The van der Waals surface area contributed by atoms with Gasteiger partial charge in [0.05, 0.1) is 4.47 Å². The molecular formula is C12B7BrO. The van der Waals surface area contributed by atoms with Crippen molar-refractivity contribution >= 4 is 131 Å². The van der Waals surface area contributed by atoms with Crippen LogP contribution in [0.4, 0.5) is 0 Å². The zero-order valence-corrected chi connectivity index (χ0v) is 12.4. The SMILES string of the molecule is [B]c1c([B])c([B])c2c(oc3c(Br)c([B])c([B])c([B])c32)c1[B]. The minimum absolute atomic E-state index is 0.162. The van der Waals surface area contributed by atoms with Crippen LogP contribution in [0.3, 0.4) is 0 Å². The Labute approximate surface area is 140 Å². The first-order chi connectivity index (χ1) is 9.77. The summed E-state index contributed by atoms with van der Waals surface area (Å²) in [6.07, 6.45) is 0. The third kappa shape index (κ3) is 1.86. The molecule has 0 spiro atoms. The van der Waals surface area contributed by atoms with Gasteiger partial charge in [0.2, 0.25) is 0 Å². The van der Waals surface area contributed by atoms with Crippen LogP contribution in [0.2, 0.25) is 0 Å². The molecule has 0 saturated carbocycles. The molecule has 0 aliphatic heterocycles. The van der Waals surface area contributed by atoms with Gasteiger partial charge in [-0.05, 0) is 15.9 Å². The Morgan fingerprint density at radius 1 is 0.524 bits per heavy atom. The standard InChI is InChI=1S/C12B7BrO/c13-3-1-2-4(14)6(16)8(18)10(20)12(2)21-11(1)9(19)7(17)5(3)15. The van der Waals surface area contributed by atoms with Crippen LogP contribution in [0.5, 0.6) is 0 Å². The van der Waals surface area contributed by atoms with Crippen molar-refractivity contribution in [2.24, 2.45) is 0 Å². The summed E-state index contributed by atoms with van der Waals surface area (Å²) in [5, 5.41) is 0.971. The number of halogens is 1. The predicted molar refractivity (Wildman–Crippen MR) is 99.1 cm³/mol. The fourth-order valence-electron chi connectivity index (χ4n) is 2.36. The molecule has 0 bridgehead atoms. The van der Waals surface area contributed by atoms with Gasteiger partial charge in [-0.1, -0.05) is 21.9 Å². The van der Waals surface area contributed by atoms with Gasteiger partial charge in [-0.2, -0.15) is 0 Å². The third-order valence-corrected chi connectivity index (χ3v) is 4.37. The molecular weight excluding hydrogens is 316 g/mol. The van der Waals surface area contributed by atoms with Crippen molar-refractivity contribution in [3.8, 4) is 0 Å². The van der Waals surface area contributed by atoms with Gasteiger partial charge >= 0.3 is 0 Å². The fourth-order valence-corrected chi connectivity index (χ4v) is 2.85. The molecule has 0 aliphatic carbocycles. The van der Waals surface area contributed by atoms with E-state index < -0.39 is 0 Å². The molecule has 2 aromatic carbocycles. The van der Waals surface area contributed by atoms with Gasteiger partial charge in [0.1, 0.15) is 66.1 Å². The molecule has 0 amide bonds. The van der Waals surface area contributed by atoms with E-state index in [1.807, 2.05) is 0 Å². The zero-order chi connectivity index (χ0) is 15.6. The molecule has 1 nitrogen and oxygen atoms in total. The van der Waals surface area contributed by atoms with Crippen molar-refractivity contribution in [2.75, 3.05) is 0 Å². The second kappa shape index (κ2) is 4.84. The quantitative estimate of drug-likeness (QED) is 0.385. The zero-order valence-electron chi connectivity index (χ0n) is 10.8. The highest BCUT2D eigenvalue weighted by molar-refractivity contribution is 9.10. The molecule has 21 heavy (non-hydrogen) atoms. The van der Waals surface area contributed by atoms with Crippen LogP contribution in [-0.2, 0) is 0 Å². The number of fused-ring (bicyclic) bond motifs is 3. The van der Waals surface area contributed by atoms with Crippen LogP contribution >= 0.6 is 15.9 Å². The molecule has 0 N–H and O–H groups in total. The normalized spacial score (nSPS) is 11.5. The molecule has 82 valence electrons. The summed E-state index contributed by atoms with van der Waals surface area (Å²) in [6, 6.07) is 0. The average Bonchev–Trinajstić information content (AvgIpc) is 2.87. The van der Waals surface area contributed by atoms with E-state index in [4.69, 9.17) is 59.3 Å². The molecule has 14 radical (unpaired) electrons. The first-order valence-electron chi connectivity index (χ1n) is 5.87. The summed E-state index contributed by atoms with van der Waals surface area (Å²) in [5.74, 6) is 0. The minimum atomic E-state index is 0.162. The molecule has 0 atom stereocenters. The monoisotopic (exact) mass is 316 g/mol. The second-order valence-electron chi connectivity index (χ2n) is 4.72. The van der Waals surface area contributed by atoms with E-state index in [9.17, 15) is 0 Å². The second-order valence-corrected chi connectivity index (χ2v) is 5.51. The van der Waals surface area contributed by atoms with E-state index in [-0.39, 0.29) is 38.2 Å². The molecule has 3 rings (SSSR count). The van der Waals surface area contributed by atoms with E-state index in [2.05, 4.69) is 15.9 Å². The molecule has 3 aromatic rings. The van der Waals surface area contributed by atoms with Crippen LogP contribution in [0, 0.1) is 0 Å². The van der Waals surface area contributed by atoms with Gasteiger partial charge in [-0.15, -0.1) is 16.4 Å². The predicted octanol–water partition coefficient (Wildman–Crippen LogP) is -4.09. The number of hydrogen-bond acceptors (Lipinski definition) is 1. The van der Waals surface area contributed by atoms with Crippen molar-refractivity contribution < 1.29 is 4.42 Å². The van der Waals surface area contributed by atoms with E-state index in [1.54, 1.807) is 0 Å². The smallest absolute Gasteiger partial charge is 0.148 e. The number of rotatable bonds is 0. The lowest BCUT2D eigenvalue weighted by Gasteiger charge is -2.13. The van der Waals surface area contributed by atoms with Crippen LogP contribution in [-0.4, -0.2) is 54.9 Å². The summed E-state index contributed by atoms with van der Waals surface area (Å²) in [4.78, 5) is 0. The van der Waals surface area contributed by atoms with Gasteiger partial charge < -0.3 is 4.42 Å². The molecule has 0 saturated heterocycles. The molecule has 0 unspecified atom stereocenters. The lowest BCUT2D eigenvalue weighted by Crippen LogP contribution is -2.47. The first kappa shape index (κ1) is 15.1.